The molecule has 0 bridgehead atoms. The Labute approximate surface area is 110 Å². The van der Waals surface area contributed by atoms with E-state index in [2.05, 4.69) is 40.3 Å². The van der Waals surface area contributed by atoms with Gasteiger partial charge in [-0.2, -0.15) is 5.10 Å². The van der Waals surface area contributed by atoms with Gasteiger partial charge in [0.25, 0.3) is 0 Å². The maximum Gasteiger partial charge on any atom is 0.151 e. The zero-order valence-electron chi connectivity index (χ0n) is 11.7. The van der Waals surface area contributed by atoms with E-state index in [-0.39, 0.29) is 0 Å². The van der Waals surface area contributed by atoms with Crippen LogP contribution in [0, 0.1) is 6.92 Å². The van der Waals surface area contributed by atoms with E-state index in [1.54, 1.807) is 0 Å². The lowest BCUT2D eigenvalue weighted by molar-refractivity contribution is 0.392. The molecule has 1 aromatic heterocycles. The van der Waals surface area contributed by atoms with Gasteiger partial charge in [-0.15, -0.1) is 5.10 Å². The number of aryl methyl sites for hydroxylation is 1. The molecule has 0 saturated carbocycles. The van der Waals surface area contributed by atoms with Crippen molar-refractivity contribution in [2.24, 2.45) is 0 Å². The summed E-state index contributed by atoms with van der Waals surface area (Å²) in [7, 11) is 0. The monoisotopic (exact) mass is 248 g/mol. The van der Waals surface area contributed by atoms with Gasteiger partial charge < -0.3 is 10.2 Å². The largest absolute Gasteiger partial charge is 0.351 e. The molecule has 1 fully saturated rings. The Morgan fingerprint density at radius 2 is 2.17 bits per heavy atom. The Bertz CT molecular complexity index is 355. The molecule has 4 nitrogen and oxygen atoms in total. The van der Waals surface area contributed by atoms with Gasteiger partial charge in [-0.3, -0.25) is 0 Å². The molecule has 0 radical (unpaired) electrons. The fraction of sp³-hybridized carbons (Fsp3) is 0.714. The number of hydrogen-bond donors (Lipinski definition) is 1. The van der Waals surface area contributed by atoms with Crippen molar-refractivity contribution in [3.63, 3.8) is 0 Å². The van der Waals surface area contributed by atoms with Crippen LogP contribution < -0.4 is 10.2 Å². The lowest BCUT2D eigenvalue weighted by Crippen LogP contribution is -2.46. The summed E-state index contributed by atoms with van der Waals surface area (Å²) in [5.41, 5.74) is 0.971. The van der Waals surface area contributed by atoms with Crippen molar-refractivity contribution < 1.29 is 0 Å². The molecule has 1 aliphatic heterocycles. The third-order valence-corrected chi connectivity index (χ3v) is 3.53. The number of anilines is 1. The molecular formula is C14H24N4. The quantitative estimate of drug-likeness (QED) is 0.886. The molecule has 1 N–H and O–H groups in total. The molecule has 1 aromatic rings. The number of nitrogens with zero attached hydrogens (tertiary/aromatic N) is 3. The molecule has 18 heavy (non-hydrogen) atoms. The van der Waals surface area contributed by atoms with Gasteiger partial charge in [-0.05, 0) is 52.3 Å². The van der Waals surface area contributed by atoms with E-state index in [4.69, 9.17) is 0 Å². The van der Waals surface area contributed by atoms with Crippen LogP contribution in [0.5, 0.6) is 0 Å². The number of hydrogen-bond acceptors (Lipinski definition) is 4. The minimum Gasteiger partial charge on any atom is -0.351 e. The van der Waals surface area contributed by atoms with Gasteiger partial charge in [0.15, 0.2) is 5.82 Å². The van der Waals surface area contributed by atoms with Crippen LogP contribution in [0.1, 0.15) is 38.8 Å². The topological polar surface area (TPSA) is 41.0 Å². The van der Waals surface area contributed by atoms with Crippen molar-refractivity contribution in [1.82, 2.24) is 15.5 Å². The molecule has 0 spiro atoms. The van der Waals surface area contributed by atoms with Gasteiger partial charge >= 0.3 is 0 Å². The summed E-state index contributed by atoms with van der Waals surface area (Å²) in [6.45, 7) is 8.57. The van der Waals surface area contributed by atoms with E-state index in [0.717, 1.165) is 24.6 Å². The average molecular weight is 248 g/mol. The van der Waals surface area contributed by atoms with Crippen LogP contribution in [0.3, 0.4) is 0 Å². The highest BCUT2D eigenvalue weighted by Gasteiger charge is 2.19. The number of piperidine rings is 1. The molecule has 4 heteroatoms. The molecule has 1 aliphatic rings. The molecule has 0 amide bonds. The number of rotatable bonds is 4. The van der Waals surface area contributed by atoms with E-state index in [1.807, 2.05) is 13.0 Å². The van der Waals surface area contributed by atoms with Crippen molar-refractivity contribution in [2.45, 2.75) is 52.1 Å². The Morgan fingerprint density at radius 3 is 2.72 bits per heavy atom. The Kier molecular flexibility index (Phi) is 4.53. The summed E-state index contributed by atoms with van der Waals surface area (Å²) >= 11 is 0. The molecule has 100 valence electrons. The average Bonchev–Trinajstić information content (AvgIpc) is 2.38. The first-order valence-corrected chi connectivity index (χ1v) is 6.97. The summed E-state index contributed by atoms with van der Waals surface area (Å²) in [6, 6.07) is 5.15. The second-order valence-corrected chi connectivity index (χ2v) is 5.43. The van der Waals surface area contributed by atoms with E-state index in [0.29, 0.717) is 12.1 Å². The Hall–Kier alpha value is -1.16. The predicted octanol–water partition coefficient (Wildman–Crippen LogP) is 2.14. The van der Waals surface area contributed by atoms with E-state index in [1.165, 1.54) is 19.3 Å². The van der Waals surface area contributed by atoms with Crippen LogP contribution in [0.2, 0.25) is 0 Å². The third-order valence-electron chi connectivity index (χ3n) is 3.53. The van der Waals surface area contributed by atoms with Gasteiger partial charge in [0, 0.05) is 18.6 Å². The molecule has 2 heterocycles. The standard InChI is InChI=1S/C14H24N4/c1-11(2)18(10-13-6-4-5-9-15-13)14-8-7-12(3)16-17-14/h7-8,11,13,15H,4-6,9-10H2,1-3H3. The fourth-order valence-corrected chi connectivity index (χ4v) is 2.43. The van der Waals surface area contributed by atoms with Crippen LogP contribution in [0.4, 0.5) is 5.82 Å². The summed E-state index contributed by atoms with van der Waals surface area (Å²) in [4.78, 5) is 2.34. The maximum atomic E-state index is 4.31. The summed E-state index contributed by atoms with van der Waals surface area (Å²) in [5, 5.41) is 12.1. The summed E-state index contributed by atoms with van der Waals surface area (Å²) in [6.07, 6.45) is 3.91. The zero-order valence-corrected chi connectivity index (χ0v) is 11.7. The lowest BCUT2D eigenvalue weighted by Gasteiger charge is -2.33. The molecule has 0 aliphatic carbocycles. The highest BCUT2D eigenvalue weighted by molar-refractivity contribution is 5.38. The first-order chi connectivity index (χ1) is 8.66. The lowest BCUT2D eigenvalue weighted by atomic mass is 10.0. The van der Waals surface area contributed by atoms with E-state index >= 15 is 0 Å². The minimum absolute atomic E-state index is 0.450. The first kappa shape index (κ1) is 13.3. The summed E-state index contributed by atoms with van der Waals surface area (Å²) in [5.74, 6) is 0.989. The van der Waals surface area contributed by atoms with Gasteiger partial charge in [-0.1, -0.05) is 6.42 Å². The van der Waals surface area contributed by atoms with E-state index < -0.39 is 0 Å². The molecule has 1 unspecified atom stereocenters. The van der Waals surface area contributed by atoms with E-state index in [9.17, 15) is 0 Å². The van der Waals surface area contributed by atoms with Crippen LogP contribution in [0.25, 0.3) is 0 Å². The molecule has 0 aromatic carbocycles. The highest BCUT2D eigenvalue weighted by atomic mass is 15.3. The summed E-state index contributed by atoms with van der Waals surface area (Å²) < 4.78 is 0. The predicted molar refractivity (Wildman–Crippen MR) is 74.9 cm³/mol. The second kappa shape index (κ2) is 6.14. The Morgan fingerprint density at radius 1 is 1.33 bits per heavy atom. The SMILES string of the molecule is Cc1ccc(N(CC2CCCCN2)C(C)C)nn1. The first-order valence-electron chi connectivity index (χ1n) is 6.97. The molecule has 1 atom stereocenters. The van der Waals surface area contributed by atoms with Gasteiger partial charge in [0.1, 0.15) is 0 Å². The maximum absolute atomic E-state index is 4.31. The van der Waals surface area contributed by atoms with Crippen LogP contribution in [-0.2, 0) is 0 Å². The fourth-order valence-electron chi connectivity index (χ4n) is 2.43. The van der Waals surface area contributed by atoms with Crippen LogP contribution >= 0.6 is 0 Å². The molecular weight excluding hydrogens is 224 g/mol. The van der Waals surface area contributed by atoms with Gasteiger partial charge in [-0.25, -0.2) is 0 Å². The molecule has 1 saturated heterocycles. The van der Waals surface area contributed by atoms with Crippen molar-refractivity contribution in [3.05, 3.63) is 17.8 Å². The molecule has 2 rings (SSSR count). The van der Waals surface area contributed by atoms with Crippen molar-refractivity contribution in [1.29, 1.82) is 0 Å². The van der Waals surface area contributed by atoms with Crippen molar-refractivity contribution >= 4 is 5.82 Å². The second-order valence-electron chi connectivity index (χ2n) is 5.43. The normalized spacial score (nSPS) is 20.1. The smallest absolute Gasteiger partial charge is 0.151 e. The van der Waals surface area contributed by atoms with Gasteiger partial charge in [0.2, 0.25) is 0 Å². The van der Waals surface area contributed by atoms with Crippen molar-refractivity contribution in [3.8, 4) is 0 Å². The Balaban J connectivity index is 2.05. The zero-order chi connectivity index (χ0) is 13.0. The highest BCUT2D eigenvalue weighted by Crippen LogP contribution is 2.16. The third kappa shape index (κ3) is 3.42. The number of nitrogens with one attached hydrogen (secondary N) is 1. The van der Waals surface area contributed by atoms with Gasteiger partial charge in [0.05, 0.1) is 5.69 Å². The van der Waals surface area contributed by atoms with Crippen molar-refractivity contribution in [2.75, 3.05) is 18.0 Å². The van der Waals surface area contributed by atoms with Crippen LogP contribution in [-0.4, -0.2) is 35.4 Å². The number of aromatic nitrogens is 2. The van der Waals surface area contributed by atoms with Crippen LogP contribution in [0.15, 0.2) is 12.1 Å². The minimum atomic E-state index is 0.450.